The van der Waals surface area contributed by atoms with Gasteiger partial charge in [0.05, 0.1) is 46.4 Å². The predicted octanol–water partition coefficient (Wildman–Crippen LogP) is 6.10. The van der Waals surface area contributed by atoms with Crippen LogP contribution >= 0.6 is 22.6 Å². The van der Waals surface area contributed by atoms with Crippen LogP contribution in [0.3, 0.4) is 0 Å². The summed E-state index contributed by atoms with van der Waals surface area (Å²) in [5.41, 5.74) is 1.58. The van der Waals surface area contributed by atoms with Crippen molar-refractivity contribution in [2.45, 2.75) is 20.0 Å². The molecule has 0 aliphatic heterocycles. The van der Waals surface area contributed by atoms with Crippen LogP contribution in [0.2, 0.25) is 0 Å². The number of nitrogens with zero attached hydrogens (tertiary/aromatic N) is 3. The lowest BCUT2D eigenvalue weighted by molar-refractivity contribution is 0.228. The summed E-state index contributed by atoms with van der Waals surface area (Å²) in [7, 11) is 3.19. The summed E-state index contributed by atoms with van der Waals surface area (Å²) in [6, 6.07) is 18.2. The number of methoxy groups -OCH3 is 2. The van der Waals surface area contributed by atoms with Crippen molar-refractivity contribution in [3.63, 3.8) is 0 Å². The van der Waals surface area contributed by atoms with Crippen molar-refractivity contribution in [2.75, 3.05) is 14.2 Å². The molecule has 0 saturated carbocycles. The van der Waals surface area contributed by atoms with Crippen molar-refractivity contribution in [2.24, 2.45) is 5.10 Å². The average Bonchev–Trinajstić information content (AvgIpc) is 3.33. The first-order chi connectivity index (χ1) is 17.9. The van der Waals surface area contributed by atoms with Gasteiger partial charge in [0.2, 0.25) is 5.82 Å². The average molecular weight is 609 g/mol. The summed E-state index contributed by atoms with van der Waals surface area (Å²) >= 11 is 2.20. The quantitative estimate of drug-likeness (QED) is 0.164. The molecule has 0 fully saturated rings. The summed E-state index contributed by atoms with van der Waals surface area (Å²) in [4.78, 5) is 18.3. The number of rotatable bonds is 7. The summed E-state index contributed by atoms with van der Waals surface area (Å²) in [6.45, 7) is 3.92. The summed E-state index contributed by atoms with van der Waals surface area (Å²) in [5.74, 6) is 2.58. The van der Waals surface area contributed by atoms with E-state index in [0.717, 1.165) is 14.5 Å². The molecule has 0 radical (unpaired) electrons. The highest BCUT2D eigenvalue weighted by Crippen LogP contribution is 2.35. The highest BCUT2D eigenvalue weighted by molar-refractivity contribution is 14.1. The molecule has 3 aromatic carbocycles. The molecule has 0 amide bonds. The number of fused-ring (bicyclic) bond motifs is 2. The summed E-state index contributed by atoms with van der Waals surface area (Å²) in [5, 5.41) is 5.77. The van der Waals surface area contributed by atoms with E-state index >= 15 is 0 Å². The van der Waals surface area contributed by atoms with E-state index in [9.17, 15) is 4.79 Å². The van der Waals surface area contributed by atoms with Crippen LogP contribution in [0.4, 0.5) is 0 Å². The Balaban J connectivity index is 1.67. The third-order valence-electron chi connectivity index (χ3n) is 5.64. The number of aromatic nitrogens is 2. The minimum atomic E-state index is -0.314. The Bertz CT molecular complexity index is 1700. The third-order valence-corrected chi connectivity index (χ3v) is 6.44. The molecule has 0 aliphatic rings. The molecule has 2 aromatic heterocycles. The van der Waals surface area contributed by atoms with Crippen molar-refractivity contribution in [1.29, 1.82) is 0 Å². The lowest BCUT2D eigenvalue weighted by Crippen LogP contribution is -2.20. The summed E-state index contributed by atoms with van der Waals surface area (Å²) in [6.07, 6.45) is 1.59. The number of furan rings is 1. The molecule has 0 saturated heterocycles. The van der Waals surface area contributed by atoms with Crippen LogP contribution in [0.15, 0.2) is 75.0 Å². The minimum absolute atomic E-state index is 0.00539. The van der Waals surface area contributed by atoms with Gasteiger partial charge in [-0.3, -0.25) is 4.79 Å². The molecule has 0 unspecified atom stereocenters. The zero-order chi connectivity index (χ0) is 26.1. The van der Waals surface area contributed by atoms with Gasteiger partial charge in [0.1, 0.15) is 11.3 Å². The lowest BCUT2D eigenvalue weighted by atomic mass is 10.2. The van der Waals surface area contributed by atoms with E-state index in [1.54, 1.807) is 44.7 Å². The Kier molecular flexibility index (Phi) is 6.88. The van der Waals surface area contributed by atoms with Gasteiger partial charge >= 0.3 is 0 Å². The fourth-order valence-corrected chi connectivity index (χ4v) is 4.75. The van der Waals surface area contributed by atoms with E-state index in [4.69, 9.17) is 23.6 Å². The molecule has 8 nitrogen and oxygen atoms in total. The molecule has 2 heterocycles. The number of hydrogen-bond acceptors (Lipinski definition) is 7. The zero-order valence-electron chi connectivity index (χ0n) is 20.7. The van der Waals surface area contributed by atoms with Gasteiger partial charge in [-0.05, 0) is 84.5 Å². The molecule has 0 N–H and O–H groups in total. The van der Waals surface area contributed by atoms with Gasteiger partial charge < -0.3 is 18.6 Å². The Morgan fingerprint density at radius 1 is 1.00 bits per heavy atom. The second-order valence-electron chi connectivity index (χ2n) is 8.50. The lowest BCUT2D eigenvalue weighted by Gasteiger charge is -2.15. The van der Waals surface area contributed by atoms with E-state index in [0.29, 0.717) is 39.5 Å². The molecule has 0 aliphatic carbocycles. The van der Waals surface area contributed by atoms with Crippen LogP contribution in [0.5, 0.6) is 17.2 Å². The monoisotopic (exact) mass is 609 g/mol. The maximum atomic E-state index is 13.5. The molecule has 0 spiro atoms. The normalized spacial score (nSPS) is 11.6. The van der Waals surface area contributed by atoms with Crippen LogP contribution in [0, 0.1) is 3.57 Å². The molecular formula is C28H24IN3O5. The third kappa shape index (κ3) is 4.78. The van der Waals surface area contributed by atoms with Gasteiger partial charge in [0.15, 0.2) is 17.3 Å². The van der Waals surface area contributed by atoms with Gasteiger partial charge in [-0.2, -0.15) is 9.78 Å². The molecule has 0 bridgehead atoms. The molecule has 9 heteroatoms. The molecule has 5 aromatic rings. The molecule has 188 valence electrons. The predicted molar refractivity (Wildman–Crippen MR) is 152 cm³/mol. The van der Waals surface area contributed by atoms with Crippen LogP contribution in [-0.2, 0) is 0 Å². The first-order valence-electron chi connectivity index (χ1n) is 11.6. The van der Waals surface area contributed by atoms with Gasteiger partial charge in [0, 0.05) is 0 Å². The number of ether oxygens (including phenoxy) is 3. The van der Waals surface area contributed by atoms with Crippen LogP contribution in [-0.4, -0.2) is 36.2 Å². The highest BCUT2D eigenvalue weighted by Gasteiger charge is 2.18. The number of benzene rings is 3. The smallest absolute Gasteiger partial charge is 0.282 e. The first kappa shape index (κ1) is 24.8. The van der Waals surface area contributed by atoms with Crippen LogP contribution in [0.1, 0.15) is 19.4 Å². The van der Waals surface area contributed by atoms with Gasteiger partial charge in [-0.1, -0.05) is 18.2 Å². The Labute approximate surface area is 226 Å². The Morgan fingerprint density at radius 3 is 2.54 bits per heavy atom. The van der Waals surface area contributed by atoms with E-state index in [1.165, 1.54) is 4.68 Å². The van der Waals surface area contributed by atoms with Crippen LogP contribution in [0.25, 0.3) is 33.5 Å². The second kappa shape index (κ2) is 10.3. The Hall–Kier alpha value is -3.86. The molecule has 37 heavy (non-hydrogen) atoms. The van der Waals surface area contributed by atoms with Crippen molar-refractivity contribution in [1.82, 2.24) is 9.66 Å². The summed E-state index contributed by atoms with van der Waals surface area (Å²) < 4.78 is 25.1. The fraction of sp³-hybridized carbons (Fsp3) is 0.179. The SMILES string of the molecule is COc1cc(C=Nn2c(-c3cc4c(OC)cccc4o3)nc3ccccc3c2=O)cc(I)c1OC(C)C. The zero-order valence-corrected chi connectivity index (χ0v) is 22.8. The van der Waals surface area contributed by atoms with Crippen molar-refractivity contribution in [3.05, 3.63) is 80.2 Å². The number of halogens is 1. The van der Waals surface area contributed by atoms with Crippen molar-refractivity contribution < 1.29 is 18.6 Å². The van der Waals surface area contributed by atoms with Crippen molar-refractivity contribution in [3.8, 4) is 28.8 Å². The van der Waals surface area contributed by atoms with Gasteiger partial charge in [-0.15, -0.1) is 0 Å². The van der Waals surface area contributed by atoms with Gasteiger partial charge in [-0.25, -0.2) is 4.98 Å². The molecule has 0 atom stereocenters. The van der Waals surface area contributed by atoms with E-state index < -0.39 is 0 Å². The topological polar surface area (TPSA) is 88.1 Å². The standard InChI is InChI=1S/C28H24IN3O5/c1-16(2)36-26-20(29)12-17(13-24(26)35-4)15-30-32-27(31-21-9-6-5-8-18(21)28(32)33)25-14-19-22(34-3)10-7-11-23(19)37-25/h5-16H,1-4H3. The largest absolute Gasteiger partial charge is 0.496 e. The minimum Gasteiger partial charge on any atom is -0.496 e. The first-order valence-corrected chi connectivity index (χ1v) is 12.6. The molecule has 5 rings (SSSR count). The second-order valence-corrected chi connectivity index (χ2v) is 9.66. The van der Waals surface area contributed by atoms with E-state index in [-0.39, 0.29) is 17.5 Å². The highest BCUT2D eigenvalue weighted by atomic mass is 127. The van der Waals surface area contributed by atoms with E-state index in [2.05, 4.69) is 27.7 Å². The fourth-order valence-electron chi connectivity index (χ4n) is 4.00. The van der Waals surface area contributed by atoms with Crippen molar-refractivity contribution >= 4 is 50.7 Å². The number of hydrogen-bond donors (Lipinski definition) is 0. The maximum absolute atomic E-state index is 13.5. The Morgan fingerprint density at radius 2 is 1.78 bits per heavy atom. The maximum Gasteiger partial charge on any atom is 0.282 e. The van der Waals surface area contributed by atoms with Gasteiger partial charge in [0.25, 0.3) is 5.56 Å². The number of para-hydroxylation sites is 1. The van der Waals surface area contributed by atoms with Crippen LogP contribution < -0.4 is 19.8 Å². The molecular weight excluding hydrogens is 585 g/mol. The van der Waals surface area contributed by atoms with E-state index in [1.807, 2.05) is 50.2 Å².